The van der Waals surface area contributed by atoms with Crippen molar-refractivity contribution in [3.05, 3.63) is 47.4 Å². The average Bonchev–Trinajstić information content (AvgIpc) is 2.91. The largest absolute Gasteiger partial charge is 0.490 e. The molecule has 3 rings (SSSR count). The first-order valence-electron chi connectivity index (χ1n) is 7.40. The van der Waals surface area contributed by atoms with E-state index >= 15 is 0 Å². The van der Waals surface area contributed by atoms with Gasteiger partial charge in [-0.25, -0.2) is 9.37 Å². The molecule has 134 valence electrons. The number of aliphatic hydroxyl groups is 1. The van der Waals surface area contributed by atoms with Crippen molar-refractivity contribution in [3.63, 3.8) is 0 Å². The van der Waals surface area contributed by atoms with Crippen molar-refractivity contribution < 1.29 is 27.4 Å². The van der Waals surface area contributed by atoms with Crippen LogP contribution in [0.5, 0.6) is 5.75 Å². The molecule has 2 unspecified atom stereocenters. The van der Waals surface area contributed by atoms with Crippen molar-refractivity contribution in [1.82, 2.24) is 4.98 Å². The molecule has 1 N–H and O–H groups in total. The fourth-order valence-electron chi connectivity index (χ4n) is 2.68. The van der Waals surface area contributed by atoms with E-state index in [0.717, 1.165) is 0 Å². The minimum absolute atomic E-state index is 0.171. The van der Waals surface area contributed by atoms with Crippen LogP contribution in [-0.2, 0) is 5.41 Å². The van der Waals surface area contributed by atoms with Gasteiger partial charge in [0.15, 0.2) is 6.10 Å². The summed E-state index contributed by atoms with van der Waals surface area (Å²) in [7, 11) is 0. The summed E-state index contributed by atoms with van der Waals surface area (Å²) in [6.45, 7) is 2.18. The van der Waals surface area contributed by atoms with Crippen molar-refractivity contribution >= 4 is 22.6 Å². The summed E-state index contributed by atoms with van der Waals surface area (Å²) in [4.78, 5) is 3.99. The number of aliphatic hydroxyl groups excluding tert-OH is 1. The number of benzene rings is 1. The third-order valence-electron chi connectivity index (χ3n) is 4.18. The van der Waals surface area contributed by atoms with Gasteiger partial charge in [-0.15, -0.1) is 0 Å². The zero-order valence-electron chi connectivity index (χ0n) is 13.1. The number of nitrogens with zero attached hydrogens (tertiary/aromatic N) is 1. The van der Waals surface area contributed by atoms with E-state index in [1.165, 1.54) is 30.3 Å². The third kappa shape index (κ3) is 3.33. The van der Waals surface area contributed by atoms with Gasteiger partial charge in [0.25, 0.3) is 0 Å². The zero-order chi connectivity index (χ0) is 18.4. The summed E-state index contributed by atoms with van der Waals surface area (Å²) in [6, 6.07) is 6.49. The van der Waals surface area contributed by atoms with E-state index in [1.54, 1.807) is 0 Å². The van der Waals surface area contributed by atoms with Gasteiger partial charge < -0.3 is 9.84 Å². The summed E-state index contributed by atoms with van der Waals surface area (Å²) in [6.07, 6.45) is -7.53. The number of fused-ring (bicyclic) bond motifs is 1. The number of alkyl halides is 4. The van der Waals surface area contributed by atoms with Gasteiger partial charge in [-0.2, -0.15) is 13.2 Å². The normalized spacial score (nSPS) is 20.9. The van der Waals surface area contributed by atoms with Crippen molar-refractivity contribution in [2.24, 2.45) is 0 Å². The zero-order valence-corrected chi connectivity index (χ0v) is 15.2. The number of halogens is 5. The van der Waals surface area contributed by atoms with Gasteiger partial charge >= 0.3 is 6.18 Å². The first-order chi connectivity index (χ1) is 11.7. The smallest absolute Gasteiger partial charge is 0.420 e. The van der Waals surface area contributed by atoms with Gasteiger partial charge in [-0.3, -0.25) is 0 Å². The Morgan fingerprint density at radius 2 is 1.96 bits per heavy atom. The lowest BCUT2D eigenvalue weighted by molar-refractivity contribution is -0.207. The Kier molecular flexibility index (Phi) is 4.69. The molecule has 3 nitrogen and oxygen atoms in total. The van der Waals surface area contributed by atoms with Crippen LogP contribution >= 0.6 is 22.6 Å². The van der Waals surface area contributed by atoms with Crippen LogP contribution < -0.4 is 4.74 Å². The number of ether oxygens (including phenoxy) is 1. The Hall–Kier alpha value is -1.42. The number of hydrogen-bond donors (Lipinski definition) is 1. The molecular weight excluding hydrogens is 453 g/mol. The molecule has 0 fully saturated rings. The van der Waals surface area contributed by atoms with E-state index in [9.17, 15) is 22.7 Å². The van der Waals surface area contributed by atoms with E-state index in [-0.39, 0.29) is 5.69 Å². The van der Waals surface area contributed by atoms with E-state index < -0.39 is 29.2 Å². The van der Waals surface area contributed by atoms with Crippen molar-refractivity contribution in [1.29, 1.82) is 0 Å². The van der Waals surface area contributed by atoms with E-state index in [4.69, 9.17) is 4.74 Å². The molecular formula is C17H14F4INO2. The topological polar surface area (TPSA) is 42.4 Å². The van der Waals surface area contributed by atoms with Crippen LogP contribution in [0, 0.1) is 5.82 Å². The van der Waals surface area contributed by atoms with Crippen LogP contribution in [0.3, 0.4) is 0 Å². The molecule has 2 aromatic rings. The Morgan fingerprint density at radius 1 is 1.32 bits per heavy atom. The molecule has 2 atom stereocenters. The molecule has 0 amide bonds. The number of aromatic nitrogens is 1. The Labute approximate surface area is 155 Å². The molecule has 1 aliphatic rings. The lowest BCUT2D eigenvalue weighted by atomic mass is 9.85. The van der Waals surface area contributed by atoms with Crippen LogP contribution in [0.4, 0.5) is 17.6 Å². The maximum atomic E-state index is 13.2. The molecule has 0 radical (unpaired) electrons. The summed E-state index contributed by atoms with van der Waals surface area (Å²) in [5, 5.41) is 9.66. The SMILES string of the molecule is CC1(CI)COc2c1cc(C(O)C(F)(F)F)nc2-c1ccc(F)cc1. The van der Waals surface area contributed by atoms with Crippen LogP contribution in [0.1, 0.15) is 24.3 Å². The second-order valence-electron chi connectivity index (χ2n) is 6.21. The Morgan fingerprint density at radius 3 is 2.52 bits per heavy atom. The molecule has 1 aliphatic heterocycles. The lowest BCUT2D eigenvalue weighted by Crippen LogP contribution is -2.26. The fourth-order valence-corrected chi connectivity index (χ4v) is 3.31. The highest BCUT2D eigenvalue weighted by molar-refractivity contribution is 14.1. The molecule has 0 spiro atoms. The van der Waals surface area contributed by atoms with Gasteiger partial charge in [-0.1, -0.05) is 29.5 Å². The summed E-state index contributed by atoms with van der Waals surface area (Å²) in [5.41, 5.74) is 0.172. The second kappa shape index (κ2) is 6.39. The molecule has 25 heavy (non-hydrogen) atoms. The predicted molar refractivity (Wildman–Crippen MR) is 92.4 cm³/mol. The Balaban J connectivity index is 2.22. The quantitative estimate of drug-likeness (QED) is 0.409. The highest BCUT2D eigenvalue weighted by atomic mass is 127. The van der Waals surface area contributed by atoms with E-state index in [0.29, 0.717) is 27.9 Å². The van der Waals surface area contributed by atoms with Crippen LogP contribution in [-0.4, -0.2) is 27.3 Å². The van der Waals surface area contributed by atoms with Crippen molar-refractivity contribution in [2.75, 3.05) is 11.0 Å². The summed E-state index contributed by atoms with van der Waals surface area (Å²) in [5.74, 6) is -0.0891. The van der Waals surface area contributed by atoms with E-state index in [2.05, 4.69) is 27.6 Å². The van der Waals surface area contributed by atoms with E-state index in [1.807, 2.05) is 6.92 Å². The molecule has 0 bridgehead atoms. The second-order valence-corrected chi connectivity index (χ2v) is 6.97. The van der Waals surface area contributed by atoms with Gasteiger partial charge in [-0.05, 0) is 30.3 Å². The average molecular weight is 467 g/mol. The molecule has 1 aromatic heterocycles. The van der Waals surface area contributed by atoms with Crippen LogP contribution in [0.2, 0.25) is 0 Å². The minimum Gasteiger partial charge on any atom is -0.490 e. The summed E-state index contributed by atoms with van der Waals surface area (Å²) >= 11 is 2.14. The maximum absolute atomic E-state index is 13.2. The monoisotopic (exact) mass is 467 g/mol. The molecule has 2 heterocycles. The highest BCUT2D eigenvalue weighted by Gasteiger charge is 2.44. The summed E-state index contributed by atoms with van der Waals surface area (Å²) < 4.78 is 58.4. The fraction of sp³-hybridized carbons (Fsp3) is 0.353. The maximum Gasteiger partial charge on any atom is 0.420 e. The number of hydrogen-bond acceptors (Lipinski definition) is 3. The standard InChI is InChI=1S/C17H14F4INO2/c1-16(7-22)8-25-14-11(16)6-12(15(24)17(19,20)21)23-13(14)9-2-4-10(18)5-3-9/h2-6,15,24H,7-8H2,1H3. The van der Waals surface area contributed by atoms with Crippen LogP contribution in [0.15, 0.2) is 30.3 Å². The van der Waals surface area contributed by atoms with Gasteiger partial charge in [0.1, 0.15) is 17.3 Å². The number of pyridine rings is 1. The van der Waals surface area contributed by atoms with Gasteiger partial charge in [0.05, 0.1) is 12.3 Å². The highest BCUT2D eigenvalue weighted by Crippen LogP contribution is 2.46. The molecule has 0 saturated heterocycles. The van der Waals surface area contributed by atoms with Gasteiger partial charge in [0.2, 0.25) is 0 Å². The molecule has 0 saturated carbocycles. The first kappa shape index (κ1) is 18.4. The first-order valence-corrected chi connectivity index (χ1v) is 8.93. The van der Waals surface area contributed by atoms with Crippen molar-refractivity contribution in [2.45, 2.75) is 24.6 Å². The van der Waals surface area contributed by atoms with Gasteiger partial charge in [0, 0.05) is 21.0 Å². The molecule has 0 aliphatic carbocycles. The predicted octanol–water partition coefficient (Wildman–Crippen LogP) is 4.57. The van der Waals surface area contributed by atoms with Crippen LogP contribution in [0.25, 0.3) is 11.3 Å². The third-order valence-corrected chi connectivity index (χ3v) is 5.86. The minimum atomic E-state index is -4.83. The Bertz CT molecular complexity index is 794. The lowest BCUT2D eigenvalue weighted by Gasteiger charge is -2.21. The molecule has 8 heteroatoms. The van der Waals surface area contributed by atoms with Crippen molar-refractivity contribution in [3.8, 4) is 17.0 Å². The number of rotatable bonds is 3. The molecule has 1 aromatic carbocycles.